The molecule has 3 heteroatoms. The molecule has 0 aromatic carbocycles. The van der Waals surface area contributed by atoms with Crippen LogP contribution in [0.5, 0.6) is 0 Å². The van der Waals surface area contributed by atoms with Gasteiger partial charge in [0.1, 0.15) is 0 Å². The summed E-state index contributed by atoms with van der Waals surface area (Å²) in [7, 11) is 0. The molecule has 0 fully saturated rings. The molecule has 0 saturated carbocycles. The zero-order chi connectivity index (χ0) is 12.1. The third-order valence-electron chi connectivity index (χ3n) is 2.47. The van der Waals surface area contributed by atoms with Crippen LogP contribution in [-0.4, -0.2) is 12.6 Å². The number of carbonyl (C=O) groups is 1. The molecule has 0 spiro atoms. The summed E-state index contributed by atoms with van der Waals surface area (Å²) in [5.74, 6) is -0.229. The van der Waals surface area contributed by atoms with Gasteiger partial charge < -0.3 is 0 Å². The van der Waals surface area contributed by atoms with Gasteiger partial charge in [-0.15, -0.1) is 0 Å². The Morgan fingerprint density at radius 3 is 2.19 bits per heavy atom. The first kappa shape index (κ1) is 15.4. The van der Waals surface area contributed by atoms with Crippen LogP contribution in [0, 0.1) is 0 Å². The summed E-state index contributed by atoms with van der Waals surface area (Å²) >= 11 is 0. The van der Waals surface area contributed by atoms with E-state index in [1.54, 1.807) is 0 Å². The third-order valence-corrected chi connectivity index (χ3v) is 2.47. The molecule has 0 rings (SSSR count). The van der Waals surface area contributed by atoms with Gasteiger partial charge in [0.25, 0.3) is 0 Å². The molecule has 0 aliphatic carbocycles. The van der Waals surface area contributed by atoms with Crippen LogP contribution in [0.15, 0.2) is 0 Å². The fraction of sp³-hybridized carbons (Fsp3) is 0.923. The van der Waals surface area contributed by atoms with Crippen molar-refractivity contribution in [1.29, 1.82) is 0 Å². The number of carbonyl (C=O) groups excluding carboxylic acids is 1. The highest BCUT2D eigenvalue weighted by Crippen LogP contribution is 2.06. The van der Waals surface area contributed by atoms with E-state index in [-0.39, 0.29) is 5.97 Å². The molecule has 0 radical (unpaired) electrons. The molecule has 0 aliphatic heterocycles. The number of unbranched alkanes of at least 4 members (excludes halogenated alkanes) is 6. The minimum absolute atomic E-state index is 0.229. The van der Waals surface area contributed by atoms with Gasteiger partial charge in [-0.2, -0.15) is 4.89 Å². The van der Waals surface area contributed by atoms with Gasteiger partial charge >= 0.3 is 5.97 Å². The van der Waals surface area contributed by atoms with E-state index >= 15 is 0 Å². The molecule has 0 aliphatic rings. The van der Waals surface area contributed by atoms with Crippen LogP contribution in [0.4, 0.5) is 0 Å². The van der Waals surface area contributed by atoms with Gasteiger partial charge in [-0.3, -0.25) is 4.89 Å². The quantitative estimate of drug-likeness (QED) is 0.305. The molecule has 16 heavy (non-hydrogen) atoms. The standard InChI is InChI=1S/C13H26O3/c1-3-5-7-8-9-11-13(14)16-15-12-10-6-4-2/h3-12H2,1-2H3. The minimum Gasteiger partial charge on any atom is -0.298 e. The lowest BCUT2D eigenvalue weighted by atomic mass is 10.1. The van der Waals surface area contributed by atoms with Crippen molar-refractivity contribution in [2.75, 3.05) is 6.61 Å². The molecule has 96 valence electrons. The summed E-state index contributed by atoms with van der Waals surface area (Å²) in [4.78, 5) is 20.6. The highest BCUT2D eigenvalue weighted by Gasteiger charge is 2.03. The summed E-state index contributed by atoms with van der Waals surface area (Å²) in [6.45, 7) is 4.83. The van der Waals surface area contributed by atoms with Gasteiger partial charge in [-0.1, -0.05) is 52.4 Å². The molecule has 0 aromatic rings. The van der Waals surface area contributed by atoms with Crippen molar-refractivity contribution >= 4 is 5.97 Å². The van der Waals surface area contributed by atoms with Crippen LogP contribution in [-0.2, 0) is 14.6 Å². The highest BCUT2D eigenvalue weighted by atomic mass is 17.2. The predicted octanol–water partition coefficient (Wildman–Crippen LogP) is 4.01. The second kappa shape index (κ2) is 12.5. The van der Waals surface area contributed by atoms with Gasteiger partial charge in [-0.25, -0.2) is 4.79 Å². The highest BCUT2D eigenvalue weighted by molar-refractivity contribution is 5.68. The lowest BCUT2D eigenvalue weighted by molar-refractivity contribution is -0.272. The lowest BCUT2D eigenvalue weighted by Gasteiger charge is -2.03. The SMILES string of the molecule is CCCCCCCC(=O)OOCCCCC. The van der Waals surface area contributed by atoms with Gasteiger partial charge in [-0.05, 0) is 12.8 Å². The van der Waals surface area contributed by atoms with Crippen molar-refractivity contribution < 1.29 is 14.6 Å². The Morgan fingerprint density at radius 2 is 1.50 bits per heavy atom. The Morgan fingerprint density at radius 1 is 0.875 bits per heavy atom. The van der Waals surface area contributed by atoms with Crippen LogP contribution in [0.3, 0.4) is 0 Å². The summed E-state index contributed by atoms with van der Waals surface area (Å²) in [6.07, 6.45) is 9.42. The molecule has 0 heterocycles. The average Bonchev–Trinajstić information content (AvgIpc) is 2.28. The van der Waals surface area contributed by atoms with E-state index in [1.165, 1.54) is 19.3 Å². The van der Waals surface area contributed by atoms with E-state index < -0.39 is 0 Å². The molecule has 0 saturated heterocycles. The van der Waals surface area contributed by atoms with E-state index in [4.69, 9.17) is 4.89 Å². The zero-order valence-corrected chi connectivity index (χ0v) is 10.8. The normalized spacial score (nSPS) is 10.4. The first-order chi connectivity index (χ1) is 7.81. The molecule has 0 aromatic heterocycles. The molecule has 0 atom stereocenters. The maximum absolute atomic E-state index is 11.2. The Hall–Kier alpha value is -0.570. The largest absolute Gasteiger partial charge is 0.342 e. The van der Waals surface area contributed by atoms with Crippen LogP contribution in [0.25, 0.3) is 0 Å². The van der Waals surface area contributed by atoms with Crippen LogP contribution in [0.2, 0.25) is 0 Å². The monoisotopic (exact) mass is 230 g/mol. The molecule has 0 bridgehead atoms. The van der Waals surface area contributed by atoms with Crippen molar-refractivity contribution in [2.45, 2.75) is 71.6 Å². The van der Waals surface area contributed by atoms with Crippen LogP contribution < -0.4 is 0 Å². The first-order valence-corrected chi connectivity index (χ1v) is 6.63. The van der Waals surface area contributed by atoms with Crippen molar-refractivity contribution in [3.8, 4) is 0 Å². The summed E-state index contributed by atoms with van der Waals surface area (Å²) in [6, 6.07) is 0. The van der Waals surface area contributed by atoms with Gasteiger partial charge in [0.2, 0.25) is 0 Å². The van der Waals surface area contributed by atoms with E-state index in [2.05, 4.69) is 18.7 Å². The van der Waals surface area contributed by atoms with Crippen molar-refractivity contribution in [2.24, 2.45) is 0 Å². The average molecular weight is 230 g/mol. The Kier molecular flexibility index (Phi) is 12.1. The number of rotatable bonds is 11. The van der Waals surface area contributed by atoms with E-state index in [1.807, 2.05) is 0 Å². The summed E-state index contributed by atoms with van der Waals surface area (Å²) < 4.78 is 0. The van der Waals surface area contributed by atoms with Crippen LogP contribution in [0.1, 0.15) is 71.6 Å². The molecule has 0 amide bonds. The minimum atomic E-state index is -0.229. The first-order valence-electron chi connectivity index (χ1n) is 6.63. The molecule has 0 N–H and O–H groups in total. The predicted molar refractivity (Wildman–Crippen MR) is 64.9 cm³/mol. The smallest absolute Gasteiger partial charge is 0.298 e. The summed E-state index contributed by atoms with van der Waals surface area (Å²) in [5.41, 5.74) is 0. The number of hydrogen-bond donors (Lipinski definition) is 0. The zero-order valence-electron chi connectivity index (χ0n) is 10.8. The van der Waals surface area contributed by atoms with E-state index in [0.717, 1.165) is 32.1 Å². The van der Waals surface area contributed by atoms with E-state index in [0.29, 0.717) is 13.0 Å². The van der Waals surface area contributed by atoms with Crippen molar-refractivity contribution in [1.82, 2.24) is 0 Å². The van der Waals surface area contributed by atoms with Crippen molar-refractivity contribution in [3.63, 3.8) is 0 Å². The second-order valence-corrected chi connectivity index (χ2v) is 4.15. The van der Waals surface area contributed by atoms with Gasteiger partial charge in [0, 0.05) is 6.42 Å². The maximum atomic E-state index is 11.2. The van der Waals surface area contributed by atoms with Gasteiger partial charge in [0.15, 0.2) is 0 Å². The van der Waals surface area contributed by atoms with Crippen molar-refractivity contribution in [3.05, 3.63) is 0 Å². The topological polar surface area (TPSA) is 35.5 Å². The lowest BCUT2D eigenvalue weighted by Crippen LogP contribution is -2.06. The summed E-state index contributed by atoms with van der Waals surface area (Å²) in [5, 5.41) is 0. The Bertz CT molecular complexity index is 141. The maximum Gasteiger partial charge on any atom is 0.342 e. The van der Waals surface area contributed by atoms with E-state index in [9.17, 15) is 4.79 Å². The molecule has 0 unspecified atom stereocenters. The Labute approximate surface area is 99.4 Å². The molecular formula is C13H26O3. The fourth-order valence-electron chi connectivity index (χ4n) is 1.43. The number of hydrogen-bond acceptors (Lipinski definition) is 3. The second-order valence-electron chi connectivity index (χ2n) is 4.15. The van der Waals surface area contributed by atoms with Crippen LogP contribution >= 0.6 is 0 Å². The van der Waals surface area contributed by atoms with Gasteiger partial charge in [0.05, 0.1) is 6.61 Å². The molecule has 3 nitrogen and oxygen atoms in total. The molecular weight excluding hydrogens is 204 g/mol. The fourth-order valence-corrected chi connectivity index (χ4v) is 1.43. The Balaban J connectivity index is 3.12. The third kappa shape index (κ3) is 11.5.